The molecular weight excluding hydrogens is 357 g/mol. The number of hydrogen-bond donors (Lipinski definition) is 1. The van der Waals surface area contributed by atoms with Crippen molar-refractivity contribution in [2.45, 2.75) is 25.8 Å². The molecule has 2 rings (SSSR count). The van der Waals surface area contributed by atoms with E-state index in [1.54, 1.807) is 18.2 Å². The maximum absolute atomic E-state index is 14.0. The normalized spacial score (nSPS) is 12.7. The van der Waals surface area contributed by atoms with Crippen LogP contribution in [0.2, 0.25) is 5.02 Å². The van der Waals surface area contributed by atoms with Crippen molar-refractivity contribution in [3.05, 3.63) is 50.5 Å². The number of rotatable bonds is 5. The zero-order chi connectivity index (χ0) is 15.6. The second-order valence-corrected chi connectivity index (χ2v) is 6.28. The molecule has 0 bridgehead atoms. The molecular formula is C15H18BrClFN3. The first kappa shape index (κ1) is 16.5. The lowest BCUT2D eigenvalue weighted by Crippen LogP contribution is -2.31. The maximum Gasteiger partial charge on any atom is 0.145 e. The van der Waals surface area contributed by atoms with Crippen LogP contribution in [0.1, 0.15) is 17.0 Å². The zero-order valence-corrected chi connectivity index (χ0v) is 14.6. The summed E-state index contributed by atoms with van der Waals surface area (Å²) >= 11 is 9.40. The molecule has 0 amide bonds. The molecule has 1 atom stereocenters. The number of likely N-dealkylation sites (N-methyl/N-ethyl adjacent to an activating group) is 1. The Kier molecular flexibility index (Phi) is 5.41. The van der Waals surface area contributed by atoms with E-state index in [2.05, 4.69) is 26.3 Å². The first-order valence-corrected chi connectivity index (χ1v) is 7.89. The number of aryl methyl sites for hydroxylation is 2. The van der Waals surface area contributed by atoms with Crippen LogP contribution in [-0.4, -0.2) is 22.9 Å². The lowest BCUT2D eigenvalue weighted by molar-refractivity contribution is 0.516. The Labute approximate surface area is 137 Å². The molecule has 114 valence electrons. The molecule has 1 N–H and O–H groups in total. The summed E-state index contributed by atoms with van der Waals surface area (Å²) in [5.41, 5.74) is 2.67. The SMILES string of the molecule is CNC(Cc1cccc(Cl)c1F)Cc1c(Br)c(C)nn1C. The summed E-state index contributed by atoms with van der Waals surface area (Å²) in [4.78, 5) is 0. The van der Waals surface area contributed by atoms with Gasteiger partial charge in [0, 0.05) is 19.5 Å². The van der Waals surface area contributed by atoms with Gasteiger partial charge in [-0.05, 0) is 48.0 Å². The highest BCUT2D eigenvalue weighted by Crippen LogP contribution is 2.24. The number of halogens is 3. The van der Waals surface area contributed by atoms with E-state index in [0.29, 0.717) is 12.0 Å². The maximum atomic E-state index is 14.0. The van der Waals surface area contributed by atoms with Gasteiger partial charge >= 0.3 is 0 Å². The molecule has 0 fully saturated rings. The Morgan fingerprint density at radius 1 is 1.43 bits per heavy atom. The van der Waals surface area contributed by atoms with Crippen LogP contribution in [0.25, 0.3) is 0 Å². The second-order valence-electron chi connectivity index (χ2n) is 5.08. The minimum absolute atomic E-state index is 0.101. The molecule has 0 saturated carbocycles. The molecule has 1 unspecified atom stereocenters. The summed E-state index contributed by atoms with van der Waals surface area (Å²) in [7, 11) is 3.80. The molecule has 1 heterocycles. The van der Waals surface area contributed by atoms with E-state index < -0.39 is 0 Å². The molecule has 2 aromatic rings. The molecule has 0 radical (unpaired) electrons. The standard InChI is InChI=1S/C15H18BrClFN3/c1-9-14(16)13(21(3)20-9)8-11(19-2)7-10-5-4-6-12(17)15(10)18/h4-6,11,19H,7-8H2,1-3H3. The van der Waals surface area contributed by atoms with Crippen molar-refractivity contribution in [3.63, 3.8) is 0 Å². The Hall–Kier alpha value is -0.910. The molecule has 0 aliphatic heterocycles. The third-order valence-electron chi connectivity index (χ3n) is 3.61. The molecule has 0 spiro atoms. The smallest absolute Gasteiger partial charge is 0.145 e. The fourth-order valence-electron chi connectivity index (χ4n) is 2.38. The summed E-state index contributed by atoms with van der Waals surface area (Å²) in [6.45, 7) is 1.96. The first-order valence-electron chi connectivity index (χ1n) is 6.72. The van der Waals surface area contributed by atoms with E-state index in [4.69, 9.17) is 11.6 Å². The second kappa shape index (κ2) is 6.90. The van der Waals surface area contributed by atoms with Gasteiger partial charge in [0.25, 0.3) is 0 Å². The Morgan fingerprint density at radius 3 is 2.71 bits per heavy atom. The monoisotopic (exact) mass is 373 g/mol. The van der Waals surface area contributed by atoms with Crippen molar-refractivity contribution in [1.29, 1.82) is 0 Å². The van der Waals surface area contributed by atoms with Gasteiger partial charge in [-0.1, -0.05) is 23.7 Å². The van der Waals surface area contributed by atoms with E-state index in [-0.39, 0.29) is 16.9 Å². The average Bonchev–Trinajstić information content (AvgIpc) is 2.69. The van der Waals surface area contributed by atoms with Crippen LogP contribution in [0.5, 0.6) is 0 Å². The number of hydrogen-bond acceptors (Lipinski definition) is 2. The van der Waals surface area contributed by atoms with Crippen molar-refractivity contribution in [2.24, 2.45) is 7.05 Å². The number of benzene rings is 1. The van der Waals surface area contributed by atoms with E-state index in [0.717, 1.165) is 22.3 Å². The largest absolute Gasteiger partial charge is 0.316 e. The van der Waals surface area contributed by atoms with Crippen LogP contribution in [0, 0.1) is 12.7 Å². The quantitative estimate of drug-likeness (QED) is 0.865. The molecule has 0 aliphatic rings. The van der Waals surface area contributed by atoms with Gasteiger partial charge in [0.2, 0.25) is 0 Å². The lowest BCUT2D eigenvalue weighted by atomic mass is 10.0. The highest BCUT2D eigenvalue weighted by atomic mass is 79.9. The third kappa shape index (κ3) is 3.65. The van der Waals surface area contributed by atoms with Gasteiger partial charge in [0.1, 0.15) is 5.82 Å². The fourth-order valence-corrected chi connectivity index (χ4v) is 3.07. The van der Waals surface area contributed by atoms with E-state index >= 15 is 0 Å². The summed E-state index contributed by atoms with van der Waals surface area (Å²) in [6.07, 6.45) is 1.32. The van der Waals surface area contributed by atoms with Gasteiger partial charge in [0.15, 0.2) is 0 Å². The van der Waals surface area contributed by atoms with Crippen LogP contribution in [0.4, 0.5) is 4.39 Å². The van der Waals surface area contributed by atoms with Crippen molar-refractivity contribution in [1.82, 2.24) is 15.1 Å². The highest BCUT2D eigenvalue weighted by molar-refractivity contribution is 9.10. The lowest BCUT2D eigenvalue weighted by Gasteiger charge is -2.17. The molecule has 21 heavy (non-hydrogen) atoms. The van der Waals surface area contributed by atoms with Crippen LogP contribution in [0.15, 0.2) is 22.7 Å². The zero-order valence-electron chi connectivity index (χ0n) is 12.3. The first-order chi connectivity index (χ1) is 9.93. The van der Waals surface area contributed by atoms with Crippen LogP contribution >= 0.6 is 27.5 Å². The average molecular weight is 375 g/mol. The summed E-state index contributed by atoms with van der Waals surface area (Å²) in [5.74, 6) is -0.334. The number of nitrogens with one attached hydrogen (secondary N) is 1. The summed E-state index contributed by atoms with van der Waals surface area (Å²) < 4.78 is 16.9. The van der Waals surface area contributed by atoms with Gasteiger partial charge in [0.05, 0.1) is 20.9 Å². The van der Waals surface area contributed by atoms with Gasteiger partial charge in [-0.2, -0.15) is 5.10 Å². The minimum Gasteiger partial charge on any atom is -0.316 e. The molecule has 3 nitrogen and oxygen atoms in total. The van der Waals surface area contributed by atoms with Crippen LogP contribution < -0.4 is 5.32 Å². The van der Waals surface area contributed by atoms with Crippen molar-refractivity contribution >= 4 is 27.5 Å². The Balaban J connectivity index is 2.19. The molecule has 1 aromatic carbocycles. The van der Waals surface area contributed by atoms with E-state index in [1.165, 1.54) is 0 Å². The van der Waals surface area contributed by atoms with Crippen molar-refractivity contribution in [3.8, 4) is 0 Å². The van der Waals surface area contributed by atoms with E-state index in [9.17, 15) is 4.39 Å². The third-order valence-corrected chi connectivity index (χ3v) is 4.93. The molecule has 0 saturated heterocycles. The highest BCUT2D eigenvalue weighted by Gasteiger charge is 2.18. The Morgan fingerprint density at radius 2 is 2.14 bits per heavy atom. The molecule has 0 aliphatic carbocycles. The van der Waals surface area contributed by atoms with Crippen LogP contribution in [-0.2, 0) is 19.9 Å². The van der Waals surface area contributed by atoms with Gasteiger partial charge < -0.3 is 5.32 Å². The molecule has 6 heteroatoms. The summed E-state index contributed by atoms with van der Waals surface area (Å²) in [6, 6.07) is 5.21. The van der Waals surface area contributed by atoms with Gasteiger partial charge in [-0.15, -0.1) is 0 Å². The van der Waals surface area contributed by atoms with Crippen molar-refractivity contribution < 1.29 is 4.39 Å². The van der Waals surface area contributed by atoms with Gasteiger partial charge in [-0.3, -0.25) is 4.68 Å². The minimum atomic E-state index is -0.334. The molecule has 1 aromatic heterocycles. The van der Waals surface area contributed by atoms with Crippen molar-refractivity contribution in [2.75, 3.05) is 7.05 Å². The predicted octanol–water partition coefficient (Wildman–Crippen LogP) is 3.66. The predicted molar refractivity (Wildman–Crippen MR) is 87.3 cm³/mol. The fraction of sp³-hybridized carbons (Fsp3) is 0.400. The number of nitrogens with zero attached hydrogens (tertiary/aromatic N) is 2. The Bertz CT molecular complexity index is 642. The van der Waals surface area contributed by atoms with E-state index in [1.807, 2.05) is 25.7 Å². The topological polar surface area (TPSA) is 29.9 Å². The summed E-state index contributed by atoms with van der Waals surface area (Å²) in [5, 5.41) is 7.79. The number of aromatic nitrogens is 2. The van der Waals surface area contributed by atoms with Crippen LogP contribution in [0.3, 0.4) is 0 Å². The van der Waals surface area contributed by atoms with Gasteiger partial charge in [-0.25, -0.2) is 4.39 Å².